The molecule has 3 rings (SSSR count). The van der Waals surface area contributed by atoms with Crippen LogP contribution in [0.3, 0.4) is 0 Å². The van der Waals surface area contributed by atoms with Crippen LogP contribution in [0.1, 0.15) is 34.3 Å². The van der Waals surface area contributed by atoms with E-state index < -0.39 is 18.5 Å². The molecular weight excluding hydrogens is 380 g/mol. The van der Waals surface area contributed by atoms with Crippen molar-refractivity contribution in [2.75, 3.05) is 23.4 Å². The number of hydrogen-bond donors (Lipinski definition) is 1. The van der Waals surface area contributed by atoms with E-state index in [4.69, 9.17) is 16.3 Å². The molecule has 0 atom stereocenters. The lowest BCUT2D eigenvalue weighted by atomic mass is 10.1. The molecule has 1 aliphatic heterocycles. The van der Waals surface area contributed by atoms with Crippen molar-refractivity contribution >= 4 is 40.8 Å². The number of benzene rings is 2. The SMILES string of the molecule is Cc1cc(C)cc(NC(=O)COC(=O)c2ccc(Cl)c(N3CCCC3=O)c2)c1. The molecular formula is C21H21ClN2O4. The maximum atomic E-state index is 12.3. The molecule has 1 heterocycles. The van der Waals surface area contributed by atoms with Crippen molar-refractivity contribution in [1.82, 2.24) is 0 Å². The number of carbonyl (C=O) groups excluding carboxylic acids is 3. The maximum Gasteiger partial charge on any atom is 0.338 e. The molecule has 1 aliphatic rings. The van der Waals surface area contributed by atoms with Crippen LogP contribution in [0, 0.1) is 13.8 Å². The lowest BCUT2D eigenvalue weighted by Crippen LogP contribution is -2.24. The molecule has 1 saturated heterocycles. The van der Waals surface area contributed by atoms with E-state index in [1.54, 1.807) is 11.0 Å². The topological polar surface area (TPSA) is 75.7 Å². The fourth-order valence-electron chi connectivity index (χ4n) is 3.21. The number of halogens is 1. The molecule has 0 aliphatic carbocycles. The summed E-state index contributed by atoms with van der Waals surface area (Å²) >= 11 is 6.18. The average Bonchev–Trinajstić information content (AvgIpc) is 3.05. The van der Waals surface area contributed by atoms with Gasteiger partial charge >= 0.3 is 5.97 Å². The number of amides is 2. The fourth-order valence-corrected chi connectivity index (χ4v) is 3.43. The van der Waals surface area contributed by atoms with Crippen LogP contribution in [0.2, 0.25) is 5.02 Å². The molecule has 0 aromatic heterocycles. The summed E-state index contributed by atoms with van der Waals surface area (Å²) in [5.41, 5.74) is 3.42. The molecule has 0 radical (unpaired) electrons. The molecule has 1 N–H and O–H groups in total. The van der Waals surface area contributed by atoms with Crippen molar-refractivity contribution in [1.29, 1.82) is 0 Å². The highest BCUT2D eigenvalue weighted by atomic mass is 35.5. The van der Waals surface area contributed by atoms with Gasteiger partial charge < -0.3 is 15.0 Å². The molecule has 146 valence electrons. The molecule has 6 nitrogen and oxygen atoms in total. The van der Waals surface area contributed by atoms with Crippen LogP contribution >= 0.6 is 11.6 Å². The number of nitrogens with zero attached hydrogens (tertiary/aromatic N) is 1. The van der Waals surface area contributed by atoms with Gasteiger partial charge in [0.1, 0.15) is 0 Å². The first-order valence-electron chi connectivity index (χ1n) is 8.98. The minimum atomic E-state index is -0.653. The standard InChI is InChI=1S/C21H21ClN2O4/c1-13-8-14(2)10-16(9-13)23-19(25)12-28-21(27)15-5-6-17(22)18(11-15)24-7-3-4-20(24)26/h5-6,8-11H,3-4,7,12H2,1-2H3,(H,23,25). The maximum absolute atomic E-state index is 12.3. The third-order valence-corrected chi connectivity index (χ3v) is 4.71. The minimum absolute atomic E-state index is 0.0276. The zero-order chi connectivity index (χ0) is 20.3. The van der Waals surface area contributed by atoms with Gasteiger partial charge in [-0.15, -0.1) is 0 Å². The third-order valence-electron chi connectivity index (χ3n) is 4.39. The molecule has 2 amide bonds. The van der Waals surface area contributed by atoms with Crippen LogP contribution in [0.25, 0.3) is 0 Å². The highest BCUT2D eigenvalue weighted by Crippen LogP contribution is 2.30. The molecule has 7 heteroatoms. The smallest absolute Gasteiger partial charge is 0.338 e. The Bertz CT molecular complexity index is 922. The highest BCUT2D eigenvalue weighted by Gasteiger charge is 2.24. The second-order valence-corrected chi connectivity index (χ2v) is 7.22. The first-order chi connectivity index (χ1) is 13.3. The lowest BCUT2D eigenvalue weighted by Gasteiger charge is -2.18. The van der Waals surface area contributed by atoms with Crippen LogP contribution in [-0.2, 0) is 14.3 Å². The number of carbonyl (C=O) groups is 3. The predicted octanol–water partition coefficient (Wildman–Crippen LogP) is 3.88. The number of aryl methyl sites for hydroxylation is 2. The summed E-state index contributed by atoms with van der Waals surface area (Å²) in [4.78, 5) is 37.9. The normalized spacial score (nSPS) is 13.5. The quantitative estimate of drug-likeness (QED) is 0.773. The number of nitrogens with one attached hydrogen (secondary N) is 1. The lowest BCUT2D eigenvalue weighted by molar-refractivity contribution is -0.119. The number of hydrogen-bond acceptors (Lipinski definition) is 4. The Kier molecular flexibility index (Phi) is 5.99. The summed E-state index contributed by atoms with van der Waals surface area (Å²) < 4.78 is 5.11. The average molecular weight is 401 g/mol. The van der Waals surface area contributed by atoms with Gasteiger partial charge in [0, 0.05) is 18.7 Å². The van der Waals surface area contributed by atoms with E-state index in [2.05, 4.69) is 5.32 Å². The van der Waals surface area contributed by atoms with Gasteiger partial charge in [-0.1, -0.05) is 17.7 Å². The Hall–Kier alpha value is -2.86. The molecule has 0 spiro atoms. The Morgan fingerprint density at radius 1 is 1.14 bits per heavy atom. The molecule has 28 heavy (non-hydrogen) atoms. The third kappa shape index (κ3) is 4.70. The van der Waals surface area contributed by atoms with E-state index >= 15 is 0 Å². The molecule has 0 bridgehead atoms. The number of ether oxygens (including phenoxy) is 1. The van der Waals surface area contributed by atoms with Gasteiger partial charge in [0.25, 0.3) is 5.91 Å². The van der Waals surface area contributed by atoms with Crippen LogP contribution in [0.15, 0.2) is 36.4 Å². The number of anilines is 2. The van der Waals surface area contributed by atoms with Gasteiger partial charge in [-0.2, -0.15) is 0 Å². The highest BCUT2D eigenvalue weighted by molar-refractivity contribution is 6.34. The van der Waals surface area contributed by atoms with Gasteiger partial charge in [-0.3, -0.25) is 9.59 Å². The van der Waals surface area contributed by atoms with E-state index in [1.165, 1.54) is 12.1 Å². The van der Waals surface area contributed by atoms with E-state index in [9.17, 15) is 14.4 Å². The number of rotatable bonds is 5. The van der Waals surface area contributed by atoms with Crippen LogP contribution in [0.5, 0.6) is 0 Å². The van der Waals surface area contributed by atoms with Crippen molar-refractivity contribution in [3.8, 4) is 0 Å². The van der Waals surface area contributed by atoms with E-state index in [1.807, 2.05) is 32.0 Å². The van der Waals surface area contributed by atoms with Crippen molar-refractivity contribution in [3.63, 3.8) is 0 Å². The molecule has 1 fully saturated rings. The van der Waals surface area contributed by atoms with Crippen molar-refractivity contribution in [3.05, 3.63) is 58.1 Å². The summed E-state index contributed by atoms with van der Waals surface area (Å²) in [6.07, 6.45) is 1.21. The van der Waals surface area contributed by atoms with Crippen molar-refractivity contribution < 1.29 is 19.1 Å². The predicted molar refractivity (Wildman–Crippen MR) is 108 cm³/mol. The van der Waals surface area contributed by atoms with Crippen LogP contribution in [-0.4, -0.2) is 30.9 Å². The van der Waals surface area contributed by atoms with E-state index in [-0.39, 0.29) is 11.5 Å². The largest absolute Gasteiger partial charge is 0.452 e. The Morgan fingerprint density at radius 2 is 1.86 bits per heavy atom. The summed E-state index contributed by atoms with van der Waals surface area (Å²) in [6, 6.07) is 10.3. The van der Waals surface area contributed by atoms with E-state index in [0.29, 0.717) is 29.4 Å². The Balaban J connectivity index is 1.63. The van der Waals surface area contributed by atoms with Crippen LogP contribution < -0.4 is 10.2 Å². The second kappa shape index (κ2) is 8.44. The van der Waals surface area contributed by atoms with Gasteiger partial charge in [0.05, 0.1) is 16.3 Å². The first kappa shape index (κ1) is 19.9. The summed E-state index contributed by atoms with van der Waals surface area (Å²) in [5, 5.41) is 3.10. The zero-order valence-electron chi connectivity index (χ0n) is 15.8. The van der Waals surface area contributed by atoms with Crippen molar-refractivity contribution in [2.24, 2.45) is 0 Å². The zero-order valence-corrected chi connectivity index (χ0v) is 16.5. The van der Waals surface area contributed by atoms with Gasteiger partial charge in [0.15, 0.2) is 6.61 Å². The Morgan fingerprint density at radius 3 is 2.50 bits per heavy atom. The first-order valence-corrected chi connectivity index (χ1v) is 9.36. The molecule has 2 aromatic carbocycles. The molecule has 2 aromatic rings. The van der Waals surface area contributed by atoms with E-state index in [0.717, 1.165) is 17.5 Å². The van der Waals surface area contributed by atoms with Gasteiger partial charge in [0.2, 0.25) is 5.91 Å². The molecule has 0 saturated carbocycles. The van der Waals surface area contributed by atoms with Gasteiger partial charge in [-0.05, 0) is 61.7 Å². The summed E-state index contributed by atoms with van der Waals surface area (Å²) in [7, 11) is 0. The second-order valence-electron chi connectivity index (χ2n) is 6.82. The fraction of sp³-hybridized carbons (Fsp3) is 0.286. The van der Waals surface area contributed by atoms with Gasteiger partial charge in [-0.25, -0.2) is 4.79 Å². The molecule has 0 unspecified atom stereocenters. The summed E-state index contributed by atoms with van der Waals surface area (Å²) in [6.45, 7) is 4.03. The summed E-state index contributed by atoms with van der Waals surface area (Å²) in [5.74, 6) is -1.11. The monoisotopic (exact) mass is 400 g/mol. The Labute approximate surface area is 168 Å². The minimum Gasteiger partial charge on any atom is -0.452 e. The number of esters is 1. The van der Waals surface area contributed by atoms with Crippen molar-refractivity contribution in [2.45, 2.75) is 26.7 Å². The van der Waals surface area contributed by atoms with Crippen LogP contribution in [0.4, 0.5) is 11.4 Å².